The second-order valence-electron chi connectivity index (χ2n) is 1.81. The molecule has 0 saturated carbocycles. The van der Waals surface area contributed by atoms with E-state index in [1.54, 1.807) is 4.90 Å². The number of hydrogen-bond acceptors (Lipinski definition) is 2. The molecule has 8 heavy (non-hydrogen) atoms. The molecule has 0 aliphatic carbocycles. The fourth-order valence-electron chi connectivity index (χ4n) is 0.628. The average molecular weight is 115 g/mol. The first kappa shape index (κ1) is 5.41. The highest BCUT2D eigenvalue weighted by atomic mass is 16.5. The molecule has 0 unspecified atom stereocenters. The van der Waals surface area contributed by atoms with E-state index in [9.17, 15) is 4.79 Å². The van der Waals surface area contributed by atoms with E-state index < -0.39 is 0 Å². The molecule has 0 aromatic carbocycles. The minimum atomic E-state index is -0.198. The Kier molecular flexibility index (Phi) is 1.37. The van der Waals surface area contributed by atoms with Crippen LogP contribution in [0.3, 0.4) is 0 Å². The Labute approximate surface area is 48.2 Å². The van der Waals surface area contributed by atoms with Crippen LogP contribution in [0.2, 0.25) is 0 Å². The van der Waals surface area contributed by atoms with Crippen molar-refractivity contribution in [1.29, 1.82) is 0 Å². The number of amides is 1. The van der Waals surface area contributed by atoms with Crippen molar-refractivity contribution < 1.29 is 9.53 Å². The highest BCUT2D eigenvalue weighted by Crippen LogP contribution is 2.05. The molecule has 3 heteroatoms. The van der Waals surface area contributed by atoms with Crippen molar-refractivity contribution in [2.45, 2.75) is 6.42 Å². The number of carbonyl (C=O) groups excluding carboxylic acids is 1. The molecule has 1 saturated heterocycles. The molecular formula is C5H9NO2. The third-order valence-electron chi connectivity index (χ3n) is 1.29. The lowest BCUT2D eigenvalue weighted by atomic mass is 10.2. The van der Waals surface area contributed by atoms with E-state index in [0.29, 0.717) is 0 Å². The molecule has 1 heterocycles. The van der Waals surface area contributed by atoms with Gasteiger partial charge in [-0.25, -0.2) is 4.79 Å². The number of likely N-dealkylation sites (tertiary alicyclic amines) is 1. The van der Waals surface area contributed by atoms with Crippen LogP contribution in [0.5, 0.6) is 0 Å². The summed E-state index contributed by atoms with van der Waals surface area (Å²) in [5.41, 5.74) is 0. The molecule has 0 N–H and O–H groups in total. The fourth-order valence-corrected chi connectivity index (χ4v) is 0.628. The molecule has 46 valence electrons. The van der Waals surface area contributed by atoms with Crippen molar-refractivity contribution in [3.8, 4) is 0 Å². The van der Waals surface area contributed by atoms with Gasteiger partial charge in [0.15, 0.2) is 0 Å². The topological polar surface area (TPSA) is 29.5 Å². The van der Waals surface area contributed by atoms with Crippen LogP contribution in [0.1, 0.15) is 6.42 Å². The third kappa shape index (κ3) is 0.757. The summed E-state index contributed by atoms with van der Waals surface area (Å²) in [6.45, 7) is 1.74. The monoisotopic (exact) mass is 115 g/mol. The first-order valence-electron chi connectivity index (χ1n) is 2.67. The molecule has 0 aromatic heterocycles. The van der Waals surface area contributed by atoms with Gasteiger partial charge in [0, 0.05) is 13.1 Å². The van der Waals surface area contributed by atoms with Gasteiger partial charge in [0.2, 0.25) is 0 Å². The minimum absolute atomic E-state index is 0.198. The maximum atomic E-state index is 10.5. The summed E-state index contributed by atoms with van der Waals surface area (Å²) in [5, 5.41) is 0. The van der Waals surface area contributed by atoms with Gasteiger partial charge in [-0.05, 0) is 6.42 Å². The Hall–Kier alpha value is -0.730. The average Bonchev–Trinajstić information content (AvgIpc) is 1.62. The number of carbonyl (C=O) groups is 1. The molecule has 1 amide bonds. The second-order valence-corrected chi connectivity index (χ2v) is 1.81. The number of ether oxygens (including phenoxy) is 1. The predicted molar refractivity (Wildman–Crippen MR) is 28.6 cm³/mol. The summed E-state index contributed by atoms with van der Waals surface area (Å²) in [7, 11) is 1.40. The molecule has 0 atom stereocenters. The highest BCUT2D eigenvalue weighted by molar-refractivity contribution is 5.68. The summed E-state index contributed by atoms with van der Waals surface area (Å²) in [6.07, 6.45) is 0.922. The summed E-state index contributed by atoms with van der Waals surface area (Å²) < 4.78 is 4.44. The first-order valence-corrected chi connectivity index (χ1v) is 2.67. The van der Waals surface area contributed by atoms with Crippen LogP contribution < -0.4 is 0 Å². The zero-order valence-electron chi connectivity index (χ0n) is 4.89. The molecule has 1 aliphatic rings. The zero-order chi connectivity index (χ0) is 5.98. The lowest BCUT2D eigenvalue weighted by Crippen LogP contribution is -2.41. The summed E-state index contributed by atoms with van der Waals surface area (Å²) in [4.78, 5) is 12.2. The number of rotatable bonds is 0. The van der Waals surface area contributed by atoms with Gasteiger partial charge in [0.25, 0.3) is 0 Å². The van der Waals surface area contributed by atoms with Gasteiger partial charge in [-0.2, -0.15) is 0 Å². The SMILES string of the molecule is COC(=O)N1CCC1. The van der Waals surface area contributed by atoms with Gasteiger partial charge in [0.1, 0.15) is 0 Å². The van der Waals surface area contributed by atoms with Gasteiger partial charge < -0.3 is 9.64 Å². The largest absolute Gasteiger partial charge is 0.453 e. The van der Waals surface area contributed by atoms with E-state index in [2.05, 4.69) is 4.74 Å². The number of hydrogen-bond donors (Lipinski definition) is 0. The molecule has 0 aromatic rings. The molecule has 0 radical (unpaired) electrons. The van der Waals surface area contributed by atoms with Crippen molar-refractivity contribution in [3.63, 3.8) is 0 Å². The van der Waals surface area contributed by atoms with Crippen molar-refractivity contribution in [1.82, 2.24) is 4.90 Å². The lowest BCUT2D eigenvalue weighted by Gasteiger charge is -2.28. The second kappa shape index (κ2) is 2.03. The van der Waals surface area contributed by atoms with E-state index in [1.807, 2.05) is 0 Å². The van der Waals surface area contributed by atoms with Crippen LogP contribution in [0.15, 0.2) is 0 Å². The quantitative estimate of drug-likeness (QED) is 0.459. The van der Waals surface area contributed by atoms with Crippen molar-refractivity contribution in [3.05, 3.63) is 0 Å². The van der Waals surface area contributed by atoms with Gasteiger partial charge in [-0.1, -0.05) is 0 Å². The Morgan fingerprint density at radius 2 is 2.25 bits per heavy atom. The minimum Gasteiger partial charge on any atom is -0.453 e. The first-order chi connectivity index (χ1) is 3.84. The van der Waals surface area contributed by atoms with E-state index in [0.717, 1.165) is 19.5 Å². The number of methoxy groups -OCH3 is 1. The van der Waals surface area contributed by atoms with Gasteiger partial charge in [-0.3, -0.25) is 0 Å². The van der Waals surface area contributed by atoms with Gasteiger partial charge >= 0.3 is 6.09 Å². The fraction of sp³-hybridized carbons (Fsp3) is 0.800. The Morgan fingerprint density at radius 1 is 1.62 bits per heavy atom. The van der Waals surface area contributed by atoms with E-state index >= 15 is 0 Å². The molecule has 1 rings (SSSR count). The van der Waals surface area contributed by atoms with Crippen LogP contribution in [-0.2, 0) is 4.74 Å². The third-order valence-corrected chi connectivity index (χ3v) is 1.29. The molecular weight excluding hydrogens is 106 g/mol. The summed E-state index contributed by atoms with van der Waals surface area (Å²) >= 11 is 0. The summed E-state index contributed by atoms with van der Waals surface area (Å²) in [5.74, 6) is 0. The predicted octanol–water partition coefficient (Wildman–Crippen LogP) is 0.459. The van der Waals surface area contributed by atoms with Crippen molar-refractivity contribution in [2.24, 2.45) is 0 Å². The van der Waals surface area contributed by atoms with Gasteiger partial charge in [0.05, 0.1) is 7.11 Å². The Balaban J connectivity index is 2.24. The molecule has 1 fully saturated rings. The van der Waals surface area contributed by atoms with Crippen molar-refractivity contribution >= 4 is 6.09 Å². The van der Waals surface area contributed by atoms with Crippen LogP contribution in [0.4, 0.5) is 4.79 Å². The van der Waals surface area contributed by atoms with Crippen LogP contribution in [-0.4, -0.2) is 31.2 Å². The normalized spacial score (nSPS) is 17.4. The molecule has 1 aliphatic heterocycles. The molecule has 0 bridgehead atoms. The molecule has 0 spiro atoms. The highest BCUT2D eigenvalue weighted by Gasteiger charge is 2.19. The maximum Gasteiger partial charge on any atom is 0.409 e. The Bertz CT molecular complexity index is 98.6. The van der Waals surface area contributed by atoms with Crippen LogP contribution >= 0.6 is 0 Å². The molecule has 3 nitrogen and oxygen atoms in total. The number of nitrogens with zero attached hydrogens (tertiary/aromatic N) is 1. The summed E-state index contributed by atoms with van der Waals surface area (Å²) in [6, 6.07) is 0. The van der Waals surface area contributed by atoms with E-state index in [4.69, 9.17) is 0 Å². The van der Waals surface area contributed by atoms with Crippen LogP contribution in [0.25, 0.3) is 0 Å². The van der Waals surface area contributed by atoms with Crippen LogP contribution in [0, 0.1) is 0 Å². The van der Waals surface area contributed by atoms with Crippen molar-refractivity contribution in [2.75, 3.05) is 20.2 Å². The standard InChI is InChI=1S/C5H9NO2/c1-8-5(7)6-3-2-4-6/h2-4H2,1H3. The zero-order valence-corrected chi connectivity index (χ0v) is 4.89. The Morgan fingerprint density at radius 3 is 2.38 bits per heavy atom. The van der Waals surface area contributed by atoms with Gasteiger partial charge in [-0.15, -0.1) is 0 Å². The smallest absolute Gasteiger partial charge is 0.409 e. The lowest BCUT2D eigenvalue weighted by molar-refractivity contribution is 0.0991. The maximum absolute atomic E-state index is 10.5. The van der Waals surface area contributed by atoms with E-state index in [1.165, 1.54) is 7.11 Å². The van der Waals surface area contributed by atoms with E-state index in [-0.39, 0.29) is 6.09 Å².